The average molecular weight is 398 g/mol. The zero-order valence-corrected chi connectivity index (χ0v) is 17.1. The Bertz CT molecular complexity index is 1150. The largest absolute Gasteiger partial charge is 0.321 e. The predicted molar refractivity (Wildman–Crippen MR) is 117 cm³/mol. The molecule has 0 radical (unpaired) electrons. The van der Waals surface area contributed by atoms with Crippen molar-refractivity contribution in [1.29, 1.82) is 5.26 Å². The molecule has 1 aromatic heterocycles. The Morgan fingerprint density at radius 3 is 2.50 bits per heavy atom. The van der Waals surface area contributed by atoms with E-state index in [-0.39, 0.29) is 17.2 Å². The second kappa shape index (κ2) is 9.01. The van der Waals surface area contributed by atoms with Crippen LogP contribution in [-0.4, -0.2) is 16.8 Å². The van der Waals surface area contributed by atoms with Crippen LogP contribution in [0.4, 0.5) is 11.4 Å². The van der Waals surface area contributed by atoms with Crippen molar-refractivity contribution >= 4 is 23.2 Å². The van der Waals surface area contributed by atoms with E-state index in [2.05, 4.69) is 29.5 Å². The number of rotatable bonds is 5. The molecular weight excluding hydrogens is 376 g/mol. The van der Waals surface area contributed by atoms with Crippen LogP contribution in [0.15, 0.2) is 60.8 Å². The summed E-state index contributed by atoms with van der Waals surface area (Å²) >= 11 is 0. The summed E-state index contributed by atoms with van der Waals surface area (Å²) in [6, 6.07) is 17.6. The average Bonchev–Trinajstić information content (AvgIpc) is 2.75. The van der Waals surface area contributed by atoms with Crippen molar-refractivity contribution in [3.63, 3.8) is 0 Å². The van der Waals surface area contributed by atoms with E-state index in [4.69, 9.17) is 0 Å². The Balaban J connectivity index is 1.83. The minimum absolute atomic E-state index is 0.133. The van der Waals surface area contributed by atoms with E-state index in [9.17, 15) is 14.9 Å². The number of nitriles is 1. The smallest absolute Gasteiger partial charge is 0.274 e. The van der Waals surface area contributed by atoms with Crippen molar-refractivity contribution in [1.82, 2.24) is 4.98 Å². The summed E-state index contributed by atoms with van der Waals surface area (Å²) in [6.07, 6.45) is 1.42. The first-order valence-electron chi connectivity index (χ1n) is 9.58. The second-order valence-corrected chi connectivity index (χ2v) is 7.19. The number of hydrogen-bond acceptors (Lipinski definition) is 4. The Morgan fingerprint density at radius 1 is 1.00 bits per heavy atom. The van der Waals surface area contributed by atoms with E-state index in [1.54, 1.807) is 24.3 Å². The van der Waals surface area contributed by atoms with Gasteiger partial charge in [0.05, 0.1) is 11.3 Å². The molecule has 0 aliphatic rings. The summed E-state index contributed by atoms with van der Waals surface area (Å²) in [4.78, 5) is 29.6. The molecule has 30 heavy (non-hydrogen) atoms. The topological polar surface area (TPSA) is 94.9 Å². The molecule has 6 heteroatoms. The number of amides is 2. The van der Waals surface area contributed by atoms with Gasteiger partial charge in [-0.25, -0.2) is 0 Å². The zero-order chi connectivity index (χ0) is 21.7. The van der Waals surface area contributed by atoms with Gasteiger partial charge in [0.1, 0.15) is 11.8 Å². The first-order chi connectivity index (χ1) is 14.4. The number of para-hydroxylation sites is 2. The number of nitrogens with zero attached hydrogens (tertiary/aromatic N) is 2. The van der Waals surface area contributed by atoms with Crippen LogP contribution in [0, 0.1) is 18.3 Å². The maximum atomic E-state index is 12.8. The maximum absolute atomic E-state index is 12.8. The molecular formula is C24H22N4O2. The molecule has 2 amide bonds. The van der Waals surface area contributed by atoms with Gasteiger partial charge in [-0.1, -0.05) is 44.2 Å². The van der Waals surface area contributed by atoms with Gasteiger partial charge in [-0.3, -0.25) is 14.6 Å². The quantitative estimate of drug-likeness (QED) is 0.640. The number of aromatic nitrogens is 1. The van der Waals surface area contributed by atoms with E-state index in [0.717, 1.165) is 16.8 Å². The summed E-state index contributed by atoms with van der Waals surface area (Å²) in [7, 11) is 0. The standard InChI is InChI=1S/C24H22N4O2/c1-15(2)19-9-6-7-16(3)22(19)28-24(30)21-13-17(11-12-26-21)23(29)27-20-10-5-4-8-18(20)14-25/h4-13,15H,1-3H3,(H,27,29)(H,28,30). The minimum Gasteiger partial charge on any atom is -0.321 e. The van der Waals surface area contributed by atoms with Gasteiger partial charge in [-0.05, 0) is 48.2 Å². The van der Waals surface area contributed by atoms with Crippen LogP contribution < -0.4 is 10.6 Å². The molecule has 0 unspecified atom stereocenters. The lowest BCUT2D eigenvalue weighted by Crippen LogP contribution is -2.18. The molecule has 0 fully saturated rings. The van der Waals surface area contributed by atoms with Crippen molar-refractivity contribution in [2.24, 2.45) is 0 Å². The van der Waals surface area contributed by atoms with Crippen LogP contribution in [0.1, 0.15) is 57.3 Å². The van der Waals surface area contributed by atoms with E-state index < -0.39 is 11.8 Å². The van der Waals surface area contributed by atoms with Crippen LogP contribution in [0.5, 0.6) is 0 Å². The highest BCUT2D eigenvalue weighted by Gasteiger charge is 2.16. The fourth-order valence-corrected chi connectivity index (χ4v) is 3.10. The lowest BCUT2D eigenvalue weighted by atomic mass is 9.98. The van der Waals surface area contributed by atoms with E-state index in [1.807, 2.05) is 31.2 Å². The Hall–Kier alpha value is -3.98. The van der Waals surface area contributed by atoms with Crippen LogP contribution in [0.25, 0.3) is 0 Å². The van der Waals surface area contributed by atoms with E-state index in [0.29, 0.717) is 11.3 Å². The van der Waals surface area contributed by atoms with E-state index in [1.165, 1.54) is 18.3 Å². The van der Waals surface area contributed by atoms with Gasteiger partial charge in [-0.15, -0.1) is 0 Å². The highest BCUT2D eigenvalue weighted by molar-refractivity contribution is 6.08. The second-order valence-electron chi connectivity index (χ2n) is 7.19. The van der Waals surface area contributed by atoms with Gasteiger partial charge < -0.3 is 10.6 Å². The summed E-state index contributed by atoms with van der Waals surface area (Å²) in [6.45, 7) is 6.06. The number of benzene rings is 2. The van der Waals surface area contributed by atoms with Gasteiger partial charge in [0.25, 0.3) is 11.8 Å². The maximum Gasteiger partial charge on any atom is 0.274 e. The molecule has 0 atom stereocenters. The first-order valence-corrected chi connectivity index (χ1v) is 9.58. The molecule has 3 rings (SSSR count). The molecule has 0 spiro atoms. The van der Waals surface area contributed by atoms with Gasteiger partial charge in [0.15, 0.2) is 0 Å². The third-order valence-electron chi connectivity index (χ3n) is 4.72. The van der Waals surface area contributed by atoms with Crippen molar-refractivity contribution in [3.8, 4) is 6.07 Å². The third kappa shape index (κ3) is 4.53. The fraction of sp³-hybridized carbons (Fsp3) is 0.167. The summed E-state index contributed by atoms with van der Waals surface area (Å²) in [5.41, 5.74) is 3.93. The molecule has 0 aliphatic heterocycles. The fourth-order valence-electron chi connectivity index (χ4n) is 3.10. The molecule has 2 aromatic carbocycles. The van der Waals surface area contributed by atoms with E-state index >= 15 is 0 Å². The first kappa shape index (κ1) is 20.7. The monoisotopic (exact) mass is 398 g/mol. The SMILES string of the molecule is Cc1cccc(C(C)C)c1NC(=O)c1cc(C(=O)Nc2ccccc2C#N)ccn1. The molecule has 2 N–H and O–H groups in total. The Kier molecular flexibility index (Phi) is 6.23. The van der Waals surface area contributed by atoms with Crippen molar-refractivity contribution in [3.05, 3.63) is 88.7 Å². The number of carbonyl (C=O) groups is 2. The lowest BCUT2D eigenvalue weighted by molar-refractivity contribution is 0.102. The Labute approximate surface area is 175 Å². The van der Waals surface area contributed by atoms with Gasteiger partial charge in [0, 0.05) is 17.4 Å². The van der Waals surface area contributed by atoms with Crippen molar-refractivity contribution < 1.29 is 9.59 Å². The minimum atomic E-state index is -0.423. The number of anilines is 2. The van der Waals surface area contributed by atoms with Gasteiger partial charge in [-0.2, -0.15) is 5.26 Å². The lowest BCUT2D eigenvalue weighted by Gasteiger charge is -2.16. The van der Waals surface area contributed by atoms with Crippen LogP contribution in [0.2, 0.25) is 0 Å². The van der Waals surface area contributed by atoms with Crippen LogP contribution in [0.3, 0.4) is 0 Å². The number of carbonyl (C=O) groups excluding carboxylic acids is 2. The van der Waals surface area contributed by atoms with Gasteiger partial charge >= 0.3 is 0 Å². The van der Waals surface area contributed by atoms with Crippen LogP contribution in [-0.2, 0) is 0 Å². The summed E-state index contributed by atoms with van der Waals surface area (Å²) in [5.74, 6) is -0.573. The number of hydrogen-bond donors (Lipinski definition) is 2. The number of nitrogens with one attached hydrogen (secondary N) is 2. The Morgan fingerprint density at radius 2 is 1.77 bits per heavy atom. The molecule has 0 saturated carbocycles. The van der Waals surface area contributed by atoms with Gasteiger partial charge in [0.2, 0.25) is 0 Å². The number of aryl methyl sites for hydroxylation is 1. The molecule has 0 aliphatic carbocycles. The van der Waals surface area contributed by atoms with Crippen molar-refractivity contribution in [2.45, 2.75) is 26.7 Å². The zero-order valence-electron chi connectivity index (χ0n) is 17.1. The highest BCUT2D eigenvalue weighted by Crippen LogP contribution is 2.27. The number of pyridine rings is 1. The summed E-state index contributed by atoms with van der Waals surface area (Å²) < 4.78 is 0. The molecule has 0 saturated heterocycles. The molecule has 1 heterocycles. The normalized spacial score (nSPS) is 10.4. The third-order valence-corrected chi connectivity index (χ3v) is 4.72. The molecule has 0 bridgehead atoms. The van der Waals surface area contributed by atoms with Crippen molar-refractivity contribution in [2.75, 3.05) is 10.6 Å². The highest BCUT2D eigenvalue weighted by atomic mass is 16.2. The predicted octanol–water partition coefficient (Wildman–Crippen LogP) is 4.89. The summed E-state index contributed by atoms with van der Waals surface area (Å²) in [5, 5.41) is 14.8. The molecule has 6 nitrogen and oxygen atoms in total. The molecule has 3 aromatic rings. The molecule has 150 valence electrons. The van der Waals surface area contributed by atoms with Crippen LogP contribution >= 0.6 is 0 Å².